The summed E-state index contributed by atoms with van der Waals surface area (Å²) in [4.78, 5) is 16.9. The number of thiazole rings is 1. The van der Waals surface area contributed by atoms with Crippen LogP contribution in [0.4, 0.5) is 0 Å². The molecule has 1 heterocycles. The maximum atomic E-state index is 12.2. The number of nitrogens with one attached hydrogen (secondary N) is 1. The van der Waals surface area contributed by atoms with Crippen molar-refractivity contribution >= 4 is 29.0 Å². The van der Waals surface area contributed by atoms with E-state index in [-0.39, 0.29) is 11.2 Å². The van der Waals surface area contributed by atoms with Crippen molar-refractivity contribution in [3.8, 4) is 11.3 Å². The summed E-state index contributed by atoms with van der Waals surface area (Å²) in [5.41, 5.74) is 2.10. The third-order valence-corrected chi connectivity index (χ3v) is 5.97. The largest absolute Gasteiger partial charge is 0.352 e. The molecular formula is C17H20N2OS2. The Morgan fingerprint density at radius 3 is 2.77 bits per heavy atom. The normalized spacial score (nSPS) is 16.6. The van der Waals surface area contributed by atoms with Crippen molar-refractivity contribution in [2.24, 2.45) is 0 Å². The highest BCUT2D eigenvalue weighted by atomic mass is 32.2. The maximum absolute atomic E-state index is 12.2. The maximum Gasteiger partial charge on any atom is 0.233 e. The minimum absolute atomic E-state index is 0.102. The molecule has 3 nitrogen and oxygen atoms in total. The van der Waals surface area contributed by atoms with E-state index in [1.807, 2.05) is 25.1 Å². The summed E-state index contributed by atoms with van der Waals surface area (Å²) in [6.07, 6.45) is 4.72. The van der Waals surface area contributed by atoms with Crippen LogP contribution < -0.4 is 5.32 Å². The van der Waals surface area contributed by atoms with Gasteiger partial charge in [-0.1, -0.05) is 54.9 Å². The zero-order valence-corrected chi connectivity index (χ0v) is 14.3. The van der Waals surface area contributed by atoms with E-state index in [1.165, 1.54) is 12.8 Å². The quantitative estimate of drug-likeness (QED) is 0.828. The van der Waals surface area contributed by atoms with Crippen LogP contribution in [-0.2, 0) is 4.79 Å². The standard InChI is InChI=1S/C17H20N2OS2/c1-12(16(20)18-14-9-5-6-10-14)22-17-19-15(11-21-17)13-7-3-2-4-8-13/h2-4,7-8,11-12,14H,5-6,9-10H2,1H3,(H,18,20)/t12-/m0/s1. The number of carbonyl (C=O) groups is 1. The first-order valence-electron chi connectivity index (χ1n) is 7.70. The Morgan fingerprint density at radius 1 is 1.32 bits per heavy atom. The van der Waals surface area contributed by atoms with Gasteiger partial charge in [-0.3, -0.25) is 4.79 Å². The van der Waals surface area contributed by atoms with Crippen LogP contribution in [0.5, 0.6) is 0 Å². The first-order valence-corrected chi connectivity index (χ1v) is 9.46. The molecule has 1 saturated carbocycles. The second-order valence-corrected chi connectivity index (χ2v) is 8.06. The fourth-order valence-electron chi connectivity index (χ4n) is 2.65. The molecule has 1 N–H and O–H groups in total. The molecule has 0 unspecified atom stereocenters. The molecule has 5 heteroatoms. The number of hydrogen-bond donors (Lipinski definition) is 1. The average molecular weight is 332 g/mol. The molecule has 1 fully saturated rings. The summed E-state index contributed by atoms with van der Waals surface area (Å²) >= 11 is 3.15. The Kier molecular flexibility index (Phi) is 5.16. The molecule has 1 aliphatic carbocycles. The van der Waals surface area contributed by atoms with E-state index in [0.717, 1.165) is 28.4 Å². The molecule has 3 rings (SSSR count). The third-order valence-electron chi connectivity index (χ3n) is 3.90. The SMILES string of the molecule is C[C@H](Sc1nc(-c2ccccc2)cs1)C(=O)NC1CCCC1. The van der Waals surface area contributed by atoms with Gasteiger partial charge in [-0.15, -0.1) is 11.3 Å². The molecule has 22 heavy (non-hydrogen) atoms. The monoisotopic (exact) mass is 332 g/mol. The van der Waals surface area contributed by atoms with Crippen molar-refractivity contribution in [2.75, 3.05) is 0 Å². The van der Waals surface area contributed by atoms with Gasteiger partial charge in [0, 0.05) is 17.0 Å². The van der Waals surface area contributed by atoms with E-state index in [0.29, 0.717) is 6.04 Å². The summed E-state index contributed by atoms with van der Waals surface area (Å²) in [7, 11) is 0. The van der Waals surface area contributed by atoms with Crippen LogP contribution in [0.25, 0.3) is 11.3 Å². The molecule has 0 radical (unpaired) electrons. The van der Waals surface area contributed by atoms with Crippen LogP contribution in [0.1, 0.15) is 32.6 Å². The minimum atomic E-state index is -0.102. The number of aromatic nitrogens is 1. The molecule has 1 aliphatic rings. The number of carbonyl (C=O) groups excluding carboxylic acids is 1. The van der Waals surface area contributed by atoms with Gasteiger partial charge in [-0.25, -0.2) is 4.98 Å². The number of rotatable bonds is 5. The lowest BCUT2D eigenvalue weighted by atomic mass is 10.2. The highest BCUT2D eigenvalue weighted by molar-refractivity contribution is 8.02. The van der Waals surface area contributed by atoms with E-state index in [4.69, 9.17) is 0 Å². The van der Waals surface area contributed by atoms with Crippen LogP contribution >= 0.6 is 23.1 Å². The van der Waals surface area contributed by atoms with Gasteiger partial charge < -0.3 is 5.32 Å². The second kappa shape index (κ2) is 7.29. The van der Waals surface area contributed by atoms with Gasteiger partial charge in [-0.2, -0.15) is 0 Å². The zero-order valence-electron chi connectivity index (χ0n) is 12.6. The Balaban J connectivity index is 1.58. The minimum Gasteiger partial charge on any atom is -0.352 e. The predicted octanol–water partition coefficient (Wildman–Crippen LogP) is 4.35. The Hall–Kier alpha value is -1.33. The van der Waals surface area contributed by atoms with Gasteiger partial charge in [0.25, 0.3) is 0 Å². The van der Waals surface area contributed by atoms with Gasteiger partial charge in [0.05, 0.1) is 10.9 Å². The molecule has 0 aliphatic heterocycles. The Labute approximate surface area is 139 Å². The molecular weight excluding hydrogens is 312 g/mol. The highest BCUT2D eigenvalue weighted by Gasteiger charge is 2.22. The summed E-state index contributed by atoms with van der Waals surface area (Å²) in [5.74, 6) is 0.133. The molecule has 1 atom stereocenters. The predicted molar refractivity (Wildman–Crippen MR) is 93.3 cm³/mol. The summed E-state index contributed by atoms with van der Waals surface area (Å²) in [6, 6.07) is 10.5. The molecule has 0 saturated heterocycles. The number of thioether (sulfide) groups is 1. The van der Waals surface area contributed by atoms with Crippen molar-refractivity contribution in [2.45, 2.75) is 48.2 Å². The van der Waals surface area contributed by atoms with E-state index >= 15 is 0 Å². The molecule has 1 aromatic heterocycles. The van der Waals surface area contributed by atoms with Crippen molar-refractivity contribution < 1.29 is 4.79 Å². The lowest BCUT2D eigenvalue weighted by Crippen LogP contribution is -2.37. The Bertz CT molecular complexity index is 621. The molecule has 0 bridgehead atoms. The Morgan fingerprint density at radius 2 is 2.05 bits per heavy atom. The van der Waals surface area contributed by atoms with Gasteiger partial charge in [0.2, 0.25) is 5.91 Å². The molecule has 1 amide bonds. The van der Waals surface area contributed by atoms with Gasteiger partial charge in [0.1, 0.15) is 0 Å². The van der Waals surface area contributed by atoms with Crippen LogP contribution in [-0.4, -0.2) is 22.2 Å². The summed E-state index contributed by atoms with van der Waals surface area (Å²) < 4.78 is 0.952. The first kappa shape index (κ1) is 15.6. The molecule has 1 aromatic carbocycles. The van der Waals surface area contributed by atoms with E-state index in [9.17, 15) is 4.79 Å². The highest BCUT2D eigenvalue weighted by Crippen LogP contribution is 2.31. The molecule has 2 aromatic rings. The van der Waals surface area contributed by atoms with Crippen LogP contribution in [0, 0.1) is 0 Å². The fourth-order valence-corrected chi connectivity index (χ4v) is 4.63. The number of amides is 1. The topological polar surface area (TPSA) is 42.0 Å². The fraction of sp³-hybridized carbons (Fsp3) is 0.412. The molecule has 0 spiro atoms. The summed E-state index contributed by atoms with van der Waals surface area (Å²) in [6.45, 7) is 1.96. The summed E-state index contributed by atoms with van der Waals surface area (Å²) in [5, 5.41) is 5.11. The first-order chi connectivity index (χ1) is 10.7. The van der Waals surface area contributed by atoms with Crippen molar-refractivity contribution in [1.29, 1.82) is 0 Å². The van der Waals surface area contributed by atoms with Crippen LogP contribution in [0.15, 0.2) is 40.1 Å². The van der Waals surface area contributed by atoms with Crippen LogP contribution in [0.3, 0.4) is 0 Å². The van der Waals surface area contributed by atoms with Crippen molar-refractivity contribution in [3.63, 3.8) is 0 Å². The zero-order chi connectivity index (χ0) is 15.4. The number of benzene rings is 1. The number of nitrogens with zero attached hydrogens (tertiary/aromatic N) is 1. The lowest BCUT2D eigenvalue weighted by Gasteiger charge is -2.15. The van der Waals surface area contributed by atoms with Crippen molar-refractivity contribution in [3.05, 3.63) is 35.7 Å². The smallest absolute Gasteiger partial charge is 0.233 e. The van der Waals surface area contributed by atoms with Gasteiger partial charge in [0.15, 0.2) is 4.34 Å². The van der Waals surface area contributed by atoms with Crippen LogP contribution in [0.2, 0.25) is 0 Å². The van der Waals surface area contributed by atoms with E-state index in [2.05, 4.69) is 27.8 Å². The van der Waals surface area contributed by atoms with E-state index < -0.39 is 0 Å². The second-order valence-electron chi connectivity index (χ2n) is 5.61. The van der Waals surface area contributed by atoms with Crippen molar-refractivity contribution in [1.82, 2.24) is 10.3 Å². The third kappa shape index (κ3) is 3.90. The lowest BCUT2D eigenvalue weighted by molar-refractivity contribution is -0.120. The van der Waals surface area contributed by atoms with Gasteiger partial charge >= 0.3 is 0 Å². The average Bonchev–Trinajstić information content (AvgIpc) is 3.20. The van der Waals surface area contributed by atoms with E-state index in [1.54, 1.807) is 23.1 Å². The van der Waals surface area contributed by atoms with Gasteiger partial charge in [-0.05, 0) is 19.8 Å². The molecule has 116 valence electrons. The number of hydrogen-bond acceptors (Lipinski definition) is 4.